The van der Waals surface area contributed by atoms with E-state index in [0.717, 1.165) is 7.11 Å². The fourth-order valence-electron chi connectivity index (χ4n) is 0.0577. The monoisotopic (exact) mass is 210 g/mol. The van der Waals surface area contributed by atoms with Crippen LogP contribution in [0.1, 0.15) is 0 Å². The Kier molecular flexibility index (Phi) is 50.5. The first-order valence-electron chi connectivity index (χ1n) is 2.15. The zero-order valence-corrected chi connectivity index (χ0v) is 7.74. The van der Waals surface area contributed by atoms with Gasteiger partial charge in [-0.1, -0.05) is 0 Å². The Bertz CT molecular complexity index is 36.4. The summed E-state index contributed by atoms with van der Waals surface area (Å²) in [6.45, 7) is -0.729. The number of halogens is 1. The minimum absolute atomic E-state index is 0. The first kappa shape index (κ1) is 22.4. The molecule has 0 aromatic heterocycles. The van der Waals surface area contributed by atoms with E-state index in [0.29, 0.717) is 0 Å². The molecule has 0 aromatic carbocycles. The van der Waals surface area contributed by atoms with Crippen LogP contribution in [0.2, 0.25) is 0 Å². The van der Waals surface area contributed by atoms with Crippen molar-refractivity contribution in [3.8, 4) is 0 Å². The quantitative estimate of drug-likeness (QED) is 0.342. The van der Waals surface area contributed by atoms with Crippen LogP contribution in [0.5, 0.6) is 0 Å². The second-order valence-electron chi connectivity index (χ2n) is 1.02. The zero-order valence-electron chi connectivity index (χ0n) is 6.16. The summed E-state index contributed by atoms with van der Waals surface area (Å²) in [5.41, 5.74) is 0. The zero-order chi connectivity index (χ0) is 6.99. The van der Waals surface area contributed by atoms with Crippen LogP contribution in [0, 0.1) is 0 Å². The molecule has 6 heteroatoms. The molecule has 0 amide bonds. The maximum absolute atomic E-state index is 8.17. The normalized spacial score (nSPS) is 6.60. The van der Waals surface area contributed by atoms with Gasteiger partial charge in [-0.3, -0.25) is 0 Å². The first-order valence-corrected chi connectivity index (χ1v) is 2.15. The van der Waals surface area contributed by atoms with Gasteiger partial charge in [-0.2, -0.15) is 0 Å². The molecule has 0 saturated carbocycles. The Balaban J connectivity index is -0.0000000412. The predicted molar refractivity (Wildman–Crippen MR) is 28.3 cm³/mol. The smallest absolute Gasteiger partial charge is 1.00 e. The minimum Gasteiger partial charge on any atom is -1.00 e. The SMILES string of the molecule is CO.OCC(O)CO.[Br-].[Li+]. The molecular formula is C4H12BrLiO4. The number of aliphatic hydroxyl groups excluding tert-OH is 4. The summed E-state index contributed by atoms with van der Waals surface area (Å²) in [6, 6.07) is 0. The maximum atomic E-state index is 8.17. The first-order chi connectivity index (χ1) is 3.81. The molecule has 0 spiro atoms. The summed E-state index contributed by atoms with van der Waals surface area (Å²) in [5, 5.41) is 31.0. The van der Waals surface area contributed by atoms with Crippen LogP contribution < -0.4 is 35.8 Å². The van der Waals surface area contributed by atoms with E-state index in [-0.39, 0.29) is 49.1 Å². The van der Waals surface area contributed by atoms with Crippen molar-refractivity contribution in [2.75, 3.05) is 20.3 Å². The van der Waals surface area contributed by atoms with Crippen molar-refractivity contribution in [1.82, 2.24) is 0 Å². The topological polar surface area (TPSA) is 80.9 Å². The summed E-state index contributed by atoms with van der Waals surface area (Å²) in [5.74, 6) is 0. The fourth-order valence-corrected chi connectivity index (χ4v) is 0.0577. The average molecular weight is 211 g/mol. The van der Waals surface area contributed by atoms with E-state index >= 15 is 0 Å². The van der Waals surface area contributed by atoms with Gasteiger partial charge in [0, 0.05) is 7.11 Å². The molecule has 0 bridgehead atoms. The molecule has 0 fully saturated rings. The third-order valence-electron chi connectivity index (χ3n) is 0.421. The number of hydrogen-bond donors (Lipinski definition) is 4. The van der Waals surface area contributed by atoms with Gasteiger partial charge in [0.1, 0.15) is 6.10 Å². The molecule has 0 saturated heterocycles. The molecule has 0 atom stereocenters. The largest absolute Gasteiger partial charge is 1.00 e. The molecule has 0 aliphatic heterocycles. The Morgan fingerprint density at radius 2 is 1.30 bits per heavy atom. The molecule has 4 N–H and O–H groups in total. The molecule has 10 heavy (non-hydrogen) atoms. The Hall–Kier alpha value is 0.917. The van der Waals surface area contributed by atoms with E-state index in [1.165, 1.54) is 0 Å². The molecule has 0 aromatic rings. The van der Waals surface area contributed by atoms with Crippen molar-refractivity contribution in [3.05, 3.63) is 0 Å². The second-order valence-corrected chi connectivity index (χ2v) is 1.02. The number of rotatable bonds is 2. The molecule has 0 radical (unpaired) electrons. The van der Waals surface area contributed by atoms with Gasteiger partial charge in [0.05, 0.1) is 13.2 Å². The number of hydrogen-bond acceptors (Lipinski definition) is 4. The molecule has 60 valence electrons. The van der Waals surface area contributed by atoms with Crippen molar-refractivity contribution in [2.45, 2.75) is 6.10 Å². The standard InChI is InChI=1S/C3H8O3.CH4O.BrH.Li/c4-1-3(6)2-5;1-2;;/h3-6H,1-2H2;2H,1H3;1H;/q;;;+1/p-1. The Morgan fingerprint density at radius 3 is 1.30 bits per heavy atom. The third kappa shape index (κ3) is 23.1. The van der Waals surface area contributed by atoms with Crippen molar-refractivity contribution in [3.63, 3.8) is 0 Å². The van der Waals surface area contributed by atoms with Crippen LogP contribution in [0.4, 0.5) is 0 Å². The van der Waals surface area contributed by atoms with Gasteiger partial charge in [-0.05, 0) is 0 Å². The van der Waals surface area contributed by atoms with Crippen LogP contribution in [0.25, 0.3) is 0 Å². The molecule has 0 aliphatic rings. The van der Waals surface area contributed by atoms with Gasteiger partial charge in [0.25, 0.3) is 0 Å². The van der Waals surface area contributed by atoms with Gasteiger partial charge < -0.3 is 37.4 Å². The van der Waals surface area contributed by atoms with Crippen molar-refractivity contribution in [1.29, 1.82) is 0 Å². The van der Waals surface area contributed by atoms with Crippen LogP contribution in [0.15, 0.2) is 0 Å². The van der Waals surface area contributed by atoms with Crippen LogP contribution >= 0.6 is 0 Å². The van der Waals surface area contributed by atoms with Crippen LogP contribution in [-0.4, -0.2) is 46.9 Å². The number of aliphatic hydroxyl groups is 4. The summed E-state index contributed by atoms with van der Waals surface area (Å²) < 4.78 is 0. The van der Waals surface area contributed by atoms with Gasteiger partial charge in [-0.25, -0.2) is 0 Å². The summed E-state index contributed by atoms with van der Waals surface area (Å²) >= 11 is 0. The molecule has 0 aliphatic carbocycles. The van der Waals surface area contributed by atoms with E-state index in [9.17, 15) is 0 Å². The second kappa shape index (κ2) is 22.5. The van der Waals surface area contributed by atoms with E-state index in [2.05, 4.69) is 0 Å². The van der Waals surface area contributed by atoms with E-state index < -0.39 is 6.10 Å². The van der Waals surface area contributed by atoms with Crippen LogP contribution in [-0.2, 0) is 0 Å². The average Bonchev–Trinajstić information content (AvgIpc) is 1.91. The summed E-state index contributed by atoms with van der Waals surface area (Å²) in [4.78, 5) is 0. The molecule has 0 unspecified atom stereocenters. The Morgan fingerprint density at radius 1 is 1.10 bits per heavy atom. The van der Waals surface area contributed by atoms with Crippen LogP contribution in [0.3, 0.4) is 0 Å². The molecule has 0 rings (SSSR count). The molecular weight excluding hydrogens is 199 g/mol. The minimum atomic E-state index is -0.954. The maximum Gasteiger partial charge on any atom is 1.00 e. The summed E-state index contributed by atoms with van der Waals surface area (Å²) in [7, 11) is 1.00. The predicted octanol–water partition coefficient (Wildman–Crippen LogP) is -8.05. The van der Waals surface area contributed by atoms with E-state index in [4.69, 9.17) is 20.4 Å². The molecule has 0 heterocycles. The van der Waals surface area contributed by atoms with Gasteiger partial charge >= 0.3 is 18.9 Å². The van der Waals surface area contributed by atoms with E-state index in [1.807, 2.05) is 0 Å². The van der Waals surface area contributed by atoms with Gasteiger partial charge in [0.15, 0.2) is 0 Å². The van der Waals surface area contributed by atoms with Crippen molar-refractivity contribution >= 4 is 0 Å². The fraction of sp³-hybridized carbons (Fsp3) is 1.00. The van der Waals surface area contributed by atoms with Crippen molar-refractivity contribution in [2.24, 2.45) is 0 Å². The third-order valence-corrected chi connectivity index (χ3v) is 0.421. The van der Waals surface area contributed by atoms with E-state index in [1.54, 1.807) is 0 Å². The van der Waals surface area contributed by atoms with Gasteiger partial charge in [0.2, 0.25) is 0 Å². The Labute approximate surface area is 82.8 Å². The molecule has 4 nitrogen and oxygen atoms in total. The summed E-state index contributed by atoms with van der Waals surface area (Å²) in [6.07, 6.45) is -0.954. The van der Waals surface area contributed by atoms with Crippen molar-refractivity contribution < 1.29 is 56.3 Å². The van der Waals surface area contributed by atoms with Gasteiger partial charge in [-0.15, -0.1) is 0 Å².